The lowest BCUT2D eigenvalue weighted by Gasteiger charge is -2.07. The maximum atomic E-state index is 13.2. The van der Waals surface area contributed by atoms with Gasteiger partial charge in [-0.1, -0.05) is 15.9 Å². The van der Waals surface area contributed by atoms with Crippen LogP contribution < -0.4 is 4.72 Å². The number of sulfonamides is 1. The Morgan fingerprint density at radius 3 is 2.50 bits per heavy atom. The van der Waals surface area contributed by atoms with Gasteiger partial charge >= 0.3 is 0 Å². The van der Waals surface area contributed by atoms with Crippen molar-refractivity contribution >= 4 is 26.0 Å². The molecule has 0 saturated heterocycles. The molecule has 3 nitrogen and oxygen atoms in total. The summed E-state index contributed by atoms with van der Waals surface area (Å²) in [5.41, 5.74) is 0. The van der Waals surface area contributed by atoms with E-state index in [0.717, 1.165) is 12.1 Å². The van der Waals surface area contributed by atoms with Crippen molar-refractivity contribution < 1.29 is 21.6 Å². The Morgan fingerprint density at radius 2 is 2.00 bits per heavy atom. The SMILES string of the molecule is O=S(=O)(NCC(F)F)c1ccc(Br)cc1F. The minimum Gasteiger partial charge on any atom is -0.209 e. The number of hydrogen-bond acceptors (Lipinski definition) is 2. The normalized spacial score (nSPS) is 12.1. The van der Waals surface area contributed by atoms with Crippen molar-refractivity contribution in [1.29, 1.82) is 0 Å². The van der Waals surface area contributed by atoms with Gasteiger partial charge in [0, 0.05) is 4.47 Å². The molecule has 1 N–H and O–H groups in total. The van der Waals surface area contributed by atoms with Crippen LogP contribution in [0.15, 0.2) is 27.6 Å². The molecular weight excluding hydrogens is 311 g/mol. The quantitative estimate of drug-likeness (QED) is 0.924. The van der Waals surface area contributed by atoms with E-state index in [2.05, 4.69) is 15.9 Å². The number of benzene rings is 1. The fourth-order valence-corrected chi connectivity index (χ4v) is 2.34. The Bertz CT molecular complexity index is 478. The molecule has 16 heavy (non-hydrogen) atoms. The zero-order chi connectivity index (χ0) is 12.3. The van der Waals surface area contributed by atoms with Gasteiger partial charge in [0.1, 0.15) is 10.7 Å². The molecule has 1 aromatic rings. The first-order valence-electron chi connectivity index (χ1n) is 4.06. The molecule has 0 saturated carbocycles. The summed E-state index contributed by atoms with van der Waals surface area (Å²) in [4.78, 5) is -0.656. The molecule has 0 atom stereocenters. The highest BCUT2D eigenvalue weighted by Crippen LogP contribution is 2.19. The van der Waals surface area contributed by atoms with Gasteiger partial charge in [0.15, 0.2) is 0 Å². The van der Waals surface area contributed by atoms with Gasteiger partial charge < -0.3 is 0 Å². The first kappa shape index (κ1) is 13.5. The zero-order valence-electron chi connectivity index (χ0n) is 7.75. The van der Waals surface area contributed by atoms with Crippen LogP contribution in [-0.2, 0) is 10.0 Å². The van der Waals surface area contributed by atoms with Gasteiger partial charge in [0.25, 0.3) is 6.43 Å². The first-order valence-corrected chi connectivity index (χ1v) is 6.33. The molecule has 1 aromatic carbocycles. The second-order valence-corrected chi connectivity index (χ2v) is 5.47. The van der Waals surface area contributed by atoms with E-state index < -0.39 is 33.7 Å². The molecule has 0 spiro atoms. The van der Waals surface area contributed by atoms with E-state index in [1.807, 2.05) is 0 Å². The van der Waals surface area contributed by atoms with E-state index in [1.165, 1.54) is 6.07 Å². The third-order valence-corrected chi connectivity index (χ3v) is 3.56. The Hall–Kier alpha value is -0.600. The zero-order valence-corrected chi connectivity index (χ0v) is 10.2. The molecular formula is C8H7BrF3NO2S. The minimum atomic E-state index is -4.23. The summed E-state index contributed by atoms with van der Waals surface area (Å²) < 4.78 is 61.6. The second-order valence-electron chi connectivity index (χ2n) is 2.82. The van der Waals surface area contributed by atoms with Crippen LogP contribution in [0.1, 0.15) is 0 Å². The Morgan fingerprint density at radius 1 is 1.38 bits per heavy atom. The van der Waals surface area contributed by atoms with E-state index in [9.17, 15) is 21.6 Å². The highest BCUT2D eigenvalue weighted by molar-refractivity contribution is 9.10. The average Bonchev–Trinajstić information content (AvgIpc) is 2.14. The summed E-state index contributed by atoms with van der Waals surface area (Å²) in [5.74, 6) is -1.00. The van der Waals surface area contributed by atoms with E-state index in [-0.39, 0.29) is 0 Å². The summed E-state index contributed by atoms with van der Waals surface area (Å²) >= 11 is 2.95. The molecule has 0 aromatic heterocycles. The topological polar surface area (TPSA) is 46.2 Å². The number of halogens is 4. The molecule has 0 radical (unpaired) electrons. The summed E-state index contributed by atoms with van der Waals surface area (Å²) in [6.07, 6.45) is -2.83. The van der Waals surface area contributed by atoms with Gasteiger partial charge in [-0.05, 0) is 18.2 Å². The molecule has 0 aliphatic heterocycles. The third-order valence-electron chi connectivity index (χ3n) is 1.61. The molecule has 0 fully saturated rings. The highest BCUT2D eigenvalue weighted by Gasteiger charge is 2.20. The predicted octanol–water partition coefficient (Wildman–Crippen LogP) is 2.13. The van der Waals surface area contributed by atoms with Crippen LogP contribution in [-0.4, -0.2) is 21.4 Å². The van der Waals surface area contributed by atoms with Gasteiger partial charge in [0.05, 0.1) is 6.54 Å². The fourth-order valence-electron chi connectivity index (χ4n) is 0.944. The van der Waals surface area contributed by atoms with Crippen LogP contribution in [0.3, 0.4) is 0 Å². The number of hydrogen-bond donors (Lipinski definition) is 1. The lowest BCUT2D eigenvalue weighted by atomic mass is 10.3. The number of rotatable bonds is 4. The summed E-state index contributed by atoms with van der Waals surface area (Å²) in [5, 5.41) is 0. The second kappa shape index (κ2) is 5.15. The highest BCUT2D eigenvalue weighted by atomic mass is 79.9. The Labute approximate surface area is 98.8 Å². The summed E-state index contributed by atoms with van der Waals surface area (Å²) in [7, 11) is -4.23. The lowest BCUT2D eigenvalue weighted by Crippen LogP contribution is -2.29. The van der Waals surface area contributed by atoms with Gasteiger partial charge in [-0.15, -0.1) is 0 Å². The summed E-state index contributed by atoms with van der Waals surface area (Å²) in [6.45, 7) is -1.04. The molecule has 0 heterocycles. The molecule has 1 rings (SSSR count). The van der Waals surface area contributed by atoms with Gasteiger partial charge in [0.2, 0.25) is 10.0 Å². The standard InChI is InChI=1S/C8H7BrF3NO2S/c9-5-1-2-7(6(10)3-5)16(14,15)13-4-8(11)12/h1-3,8,13H,4H2. The van der Waals surface area contributed by atoms with Crippen LogP contribution in [0.5, 0.6) is 0 Å². The van der Waals surface area contributed by atoms with Crippen molar-refractivity contribution in [3.8, 4) is 0 Å². The molecule has 8 heteroatoms. The Kier molecular flexibility index (Phi) is 4.34. The monoisotopic (exact) mass is 317 g/mol. The van der Waals surface area contributed by atoms with Crippen molar-refractivity contribution in [3.63, 3.8) is 0 Å². The van der Waals surface area contributed by atoms with Gasteiger partial charge in [-0.3, -0.25) is 0 Å². The third kappa shape index (κ3) is 3.46. The summed E-state index contributed by atoms with van der Waals surface area (Å²) in [6, 6.07) is 3.24. The number of alkyl halides is 2. The predicted molar refractivity (Wildman–Crippen MR) is 55.3 cm³/mol. The van der Waals surface area contributed by atoms with Crippen molar-refractivity contribution in [2.45, 2.75) is 11.3 Å². The molecule has 90 valence electrons. The van der Waals surface area contributed by atoms with Gasteiger partial charge in [-0.25, -0.2) is 26.3 Å². The van der Waals surface area contributed by atoms with E-state index in [1.54, 1.807) is 4.72 Å². The Balaban J connectivity index is 2.99. The largest absolute Gasteiger partial charge is 0.251 e. The van der Waals surface area contributed by atoms with Crippen LogP contribution in [0, 0.1) is 5.82 Å². The van der Waals surface area contributed by atoms with Crippen molar-refractivity contribution in [2.24, 2.45) is 0 Å². The molecule has 0 aliphatic rings. The van der Waals surface area contributed by atoms with Crippen LogP contribution in [0.2, 0.25) is 0 Å². The maximum absolute atomic E-state index is 13.2. The average molecular weight is 318 g/mol. The van der Waals surface area contributed by atoms with Crippen molar-refractivity contribution in [1.82, 2.24) is 4.72 Å². The van der Waals surface area contributed by atoms with E-state index >= 15 is 0 Å². The minimum absolute atomic E-state index is 0.359. The van der Waals surface area contributed by atoms with Crippen LogP contribution >= 0.6 is 15.9 Å². The van der Waals surface area contributed by atoms with Crippen LogP contribution in [0.4, 0.5) is 13.2 Å². The number of nitrogens with one attached hydrogen (secondary N) is 1. The molecule has 0 amide bonds. The van der Waals surface area contributed by atoms with Crippen molar-refractivity contribution in [3.05, 3.63) is 28.5 Å². The van der Waals surface area contributed by atoms with Crippen LogP contribution in [0.25, 0.3) is 0 Å². The smallest absolute Gasteiger partial charge is 0.209 e. The van der Waals surface area contributed by atoms with E-state index in [4.69, 9.17) is 0 Å². The maximum Gasteiger partial charge on any atom is 0.251 e. The lowest BCUT2D eigenvalue weighted by molar-refractivity contribution is 0.153. The van der Waals surface area contributed by atoms with E-state index in [0.29, 0.717) is 4.47 Å². The van der Waals surface area contributed by atoms with Crippen molar-refractivity contribution in [2.75, 3.05) is 6.54 Å². The molecule has 0 aliphatic carbocycles. The van der Waals surface area contributed by atoms with Gasteiger partial charge in [-0.2, -0.15) is 0 Å². The molecule has 0 unspecified atom stereocenters. The molecule has 0 bridgehead atoms. The fraction of sp³-hybridized carbons (Fsp3) is 0.250. The first-order chi connectivity index (χ1) is 7.33.